The third-order valence-electron chi connectivity index (χ3n) is 2.60. The van der Waals surface area contributed by atoms with Crippen LogP contribution in [0.5, 0.6) is 0 Å². The molecule has 5 nitrogen and oxygen atoms in total. The number of rotatable bonds is 4. The maximum absolute atomic E-state index is 11.9. The summed E-state index contributed by atoms with van der Waals surface area (Å²) in [4.78, 5) is 10.8. The molecule has 0 aromatic heterocycles. The van der Waals surface area contributed by atoms with E-state index >= 15 is 0 Å². The van der Waals surface area contributed by atoms with Gasteiger partial charge in [0.25, 0.3) is 0 Å². The van der Waals surface area contributed by atoms with Crippen LogP contribution in [-0.2, 0) is 23.8 Å². The van der Waals surface area contributed by atoms with Crippen molar-refractivity contribution in [2.24, 2.45) is 0 Å². The molecule has 0 unspecified atom stereocenters. The molecule has 20 heavy (non-hydrogen) atoms. The standard InChI is InChI=1S/C14H12O5S/c1-18-14(15)8-9-19-20(16,17)13-7-6-11-4-2-3-5-12(11)10-13/h2-10H,1H3/b9-8-. The minimum atomic E-state index is -3.95. The number of carbonyl (C=O) groups excluding carboxylic acids is 1. The van der Waals surface area contributed by atoms with E-state index in [0.29, 0.717) is 0 Å². The monoisotopic (exact) mass is 292 g/mol. The van der Waals surface area contributed by atoms with E-state index < -0.39 is 16.1 Å². The lowest BCUT2D eigenvalue weighted by molar-refractivity contribution is -0.134. The van der Waals surface area contributed by atoms with Crippen LogP contribution in [0.25, 0.3) is 10.8 Å². The average molecular weight is 292 g/mol. The molecule has 2 aromatic carbocycles. The Hall–Kier alpha value is -2.34. The van der Waals surface area contributed by atoms with Gasteiger partial charge in [0, 0.05) is 0 Å². The van der Waals surface area contributed by atoms with Crippen LogP contribution in [0, 0.1) is 0 Å². The lowest BCUT2D eigenvalue weighted by Crippen LogP contribution is -2.03. The highest BCUT2D eigenvalue weighted by atomic mass is 32.2. The Morgan fingerprint density at radius 1 is 1.10 bits per heavy atom. The number of hydrogen-bond donors (Lipinski definition) is 0. The molecule has 0 bridgehead atoms. The second kappa shape index (κ2) is 5.75. The van der Waals surface area contributed by atoms with Gasteiger partial charge < -0.3 is 8.92 Å². The van der Waals surface area contributed by atoms with Crippen LogP contribution in [0.3, 0.4) is 0 Å². The van der Waals surface area contributed by atoms with Crippen LogP contribution in [-0.4, -0.2) is 21.5 Å². The van der Waals surface area contributed by atoms with Gasteiger partial charge in [-0.15, -0.1) is 0 Å². The maximum Gasteiger partial charge on any atom is 0.338 e. The largest absolute Gasteiger partial charge is 0.466 e. The summed E-state index contributed by atoms with van der Waals surface area (Å²) in [6.45, 7) is 0. The predicted octanol–water partition coefficient (Wildman–Crippen LogP) is 2.23. The van der Waals surface area contributed by atoms with Crippen molar-refractivity contribution in [3.8, 4) is 0 Å². The summed E-state index contributed by atoms with van der Waals surface area (Å²) in [6.07, 6.45) is 1.68. The Morgan fingerprint density at radius 2 is 1.80 bits per heavy atom. The minimum Gasteiger partial charge on any atom is -0.466 e. The highest BCUT2D eigenvalue weighted by molar-refractivity contribution is 7.86. The lowest BCUT2D eigenvalue weighted by Gasteiger charge is -2.04. The van der Waals surface area contributed by atoms with Crippen molar-refractivity contribution < 1.29 is 22.1 Å². The Morgan fingerprint density at radius 3 is 2.50 bits per heavy atom. The van der Waals surface area contributed by atoms with Gasteiger partial charge in [0.2, 0.25) is 0 Å². The van der Waals surface area contributed by atoms with E-state index in [4.69, 9.17) is 0 Å². The Balaban J connectivity index is 2.27. The second-order valence-corrected chi connectivity index (χ2v) is 5.46. The number of methoxy groups -OCH3 is 1. The summed E-state index contributed by atoms with van der Waals surface area (Å²) in [5.74, 6) is -0.696. The van der Waals surface area contributed by atoms with E-state index in [-0.39, 0.29) is 4.90 Å². The predicted molar refractivity (Wildman–Crippen MR) is 73.4 cm³/mol. The fourth-order valence-electron chi connectivity index (χ4n) is 1.60. The number of esters is 1. The second-order valence-electron chi connectivity index (χ2n) is 3.89. The molecular formula is C14H12O5S. The van der Waals surface area contributed by atoms with Crippen LogP contribution in [0.15, 0.2) is 59.7 Å². The zero-order valence-corrected chi connectivity index (χ0v) is 11.5. The van der Waals surface area contributed by atoms with Gasteiger partial charge in [-0.1, -0.05) is 30.3 Å². The first-order chi connectivity index (χ1) is 9.53. The molecule has 0 fully saturated rings. The Bertz CT molecular complexity index is 762. The topological polar surface area (TPSA) is 69.7 Å². The normalized spacial score (nSPS) is 11.7. The van der Waals surface area contributed by atoms with Crippen molar-refractivity contribution in [2.75, 3.05) is 7.11 Å². The van der Waals surface area contributed by atoms with Crippen LogP contribution in [0.2, 0.25) is 0 Å². The molecule has 0 saturated heterocycles. The average Bonchev–Trinajstić information content (AvgIpc) is 2.46. The molecule has 0 radical (unpaired) electrons. The smallest absolute Gasteiger partial charge is 0.338 e. The molecular weight excluding hydrogens is 280 g/mol. The molecule has 6 heteroatoms. The molecule has 104 valence electrons. The number of carbonyl (C=O) groups is 1. The first kappa shape index (κ1) is 14.1. The Kier molecular flexibility index (Phi) is 4.05. The van der Waals surface area contributed by atoms with E-state index in [2.05, 4.69) is 8.92 Å². The van der Waals surface area contributed by atoms with Crippen molar-refractivity contribution in [2.45, 2.75) is 4.90 Å². The van der Waals surface area contributed by atoms with Crippen molar-refractivity contribution in [3.05, 3.63) is 54.8 Å². The Labute approximate surface area is 116 Å². The van der Waals surface area contributed by atoms with Gasteiger partial charge in [-0.25, -0.2) is 4.79 Å². The summed E-state index contributed by atoms with van der Waals surface area (Å²) in [7, 11) is -2.77. The number of hydrogen-bond acceptors (Lipinski definition) is 5. The number of fused-ring (bicyclic) bond motifs is 1. The van der Waals surface area contributed by atoms with Crippen molar-refractivity contribution >= 4 is 26.9 Å². The van der Waals surface area contributed by atoms with Crippen molar-refractivity contribution in [1.29, 1.82) is 0 Å². The third-order valence-corrected chi connectivity index (χ3v) is 3.79. The van der Waals surface area contributed by atoms with Crippen LogP contribution >= 0.6 is 0 Å². The summed E-state index contributed by atoms with van der Waals surface area (Å²) >= 11 is 0. The first-order valence-corrected chi connectivity index (χ1v) is 7.10. The third kappa shape index (κ3) is 3.16. The molecule has 0 aliphatic heterocycles. The highest BCUT2D eigenvalue weighted by Crippen LogP contribution is 2.20. The zero-order valence-electron chi connectivity index (χ0n) is 10.6. The molecule has 0 saturated carbocycles. The molecule has 0 heterocycles. The molecule has 0 amide bonds. The molecule has 0 atom stereocenters. The highest BCUT2D eigenvalue weighted by Gasteiger charge is 2.14. The fraction of sp³-hybridized carbons (Fsp3) is 0.0714. The van der Waals surface area contributed by atoms with Gasteiger partial charge >= 0.3 is 16.1 Å². The maximum atomic E-state index is 11.9. The number of benzene rings is 2. The van der Waals surface area contributed by atoms with Gasteiger partial charge in [-0.05, 0) is 22.9 Å². The van der Waals surface area contributed by atoms with E-state index in [0.717, 1.165) is 23.1 Å². The molecule has 0 aliphatic carbocycles. The SMILES string of the molecule is COC(=O)/C=C\OS(=O)(=O)c1ccc2ccccc2c1. The lowest BCUT2D eigenvalue weighted by atomic mass is 10.1. The van der Waals surface area contributed by atoms with E-state index in [1.165, 1.54) is 19.2 Å². The van der Waals surface area contributed by atoms with E-state index in [1.54, 1.807) is 12.1 Å². The molecule has 2 rings (SSSR count). The zero-order chi connectivity index (χ0) is 14.6. The van der Waals surface area contributed by atoms with Gasteiger partial charge in [0.1, 0.15) is 11.2 Å². The summed E-state index contributed by atoms with van der Waals surface area (Å²) in [5.41, 5.74) is 0. The molecule has 0 aliphatic rings. The minimum absolute atomic E-state index is 0.0192. The summed E-state index contributed by atoms with van der Waals surface area (Å²) in [6, 6.07) is 12.0. The molecule has 0 N–H and O–H groups in total. The van der Waals surface area contributed by atoms with Gasteiger partial charge in [-0.2, -0.15) is 8.42 Å². The summed E-state index contributed by atoms with van der Waals surface area (Å²) < 4.78 is 32.8. The summed E-state index contributed by atoms with van der Waals surface area (Å²) in [5, 5.41) is 1.71. The van der Waals surface area contributed by atoms with Gasteiger partial charge in [0.05, 0.1) is 13.2 Å². The van der Waals surface area contributed by atoms with E-state index in [1.807, 2.05) is 18.2 Å². The van der Waals surface area contributed by atoms with Crippen LogP contribution in [0.4, 0.5) is 0 Å². The number of ether oxygens (including phenoxy) is 1. The van der Waals surface area contributed by atoms with Crippen LogP contribution < -0.4 is 0 Å². The molecule has 0 spiro atoms. The molecule has 2 aromatic rings. The van der Waals surface area contributed by atoms with Gasteiger partial charge in [0.15, 0.2) is 0 Å². The van der Waals surface area contributed by atoms with Crippen molar-refractivity contribution in [1.82, 2.24) is 0 Å². The van der Waals surface area contributed by atoms with Gasteiger partial charge in [-0.3, -0.25) is 0 Å². The first-order valence-electron chi connectivity index (χ1n) is 5.69. The quantitative estimate of drug-likeness (QED) is 0.374. The van der Waals surface area contributed by atoms with Crippen molar-refractivity contribution in [3.63, 3.8) is 0 Å². The fourth-order valence-corrected chi connectivity index (χ4v) is 2.42. The van der Waals surface area contributed by atoms with Crippen LogP contribution in [0.1, 0.15) is 0 Å². The van der Waals surface area contributed by atoms with E-state index in [9.17, 15) is 13.2 Å².